The fourth-order valence-electron chi connectivity index (χ4n) is 4.91. The predicted octanol–water partition coefficient (Wildman–Crippen LogP) is 2.66. The molecule has 3 atom stereocenters. The van der Waals surface area contributed by atoms with E-state index in [1.54, 1.807) is 30.8 Å². The van der Waals surface area contributed by atoms with E-state index >= 15 is 0 Å². The maximum Gasteiger partial charge on any atom is 0.254 e. The Kier molecular flexibility index (Phi) is 8.95. The van der Waals surface area contributed by atoms with Crippen molar-refractivity contribution in [2.24, 2.45) is 0 Å². The van der Waals surface area contributed by atoms with Crippen molar-refractivity contribution in [3.8, 4) is 5.75 Å². The van der Waals surface area contributed by atoms with Gasteiger partial charge in [-0.1, -0.05) is 36.4 Å². The van der Waals surface area contributed by atoms with Gasteiger partial charge in [-0.15, -0.1) is 11.8 Å². The summed E-state index contributed by atoms with van der Waals surface area (Å²) in [5, 5.41) is 24.3. The molecule has 2 saturated heterocycles. The number of rotatable bonds is 7. The lowest BCUT2D eigenvalue weighted by atomic mass is 9.96. The van der Waals surface area contributed by atoms with E-state index in [9.17, 15) is 24.6 Å². The Balaban J connectivity index is 1.59. The average molecular weight is 558 g/mol. The molecule has 2 aliphatic heterocycles. The Hall–Kier alpha value is -2.69. The van der Waals surface area contributed by atoms with E-state index in [0.717, 1.165) is 17.1 Å². The van der Waals surface area contributed by atoms with Crippen molar-refractivity contribution in [2.45, 2.75) is 50.1 Å². The van der Waals surface area contributed by atoms with E-state index in [2.05, 4.69) is 5.32 Å². The molecule has 4 rings (SSSR count). The zero-order chi connectivity index (χ0) is 27.4. The van der Waals surface area contributed by atoms with Gasteiger partial charge < -0.3 is 25.3 Å². The van der Waals surface area contributed by atoms with Gasteiger partial charge in [-0.3, -0.25) is 14.4 Å². The number of aliphatic hydroxyl groups excluding tert-OH is 1. The van der Waals surface area contributed by atoms with Crippen LogP contribution in [0.25, 0.3) is 0 Å². The maximum atomic E-state index is 13.8. The Morgan fingerprint density at radius 2 is 1.76 bits per heavy atom. The highest BCUT2D eigenvalue weighted by Gasteiger charge is 2.51. The average Bonchev–Trinajstić information content (AvgIpc) is 3.24. The molecule has 10 heteroatoms. The lowest BCUT2D eigenvalue weighted by Gasteiger charge is -2.37. The van der Waals surface area contributed by atoms with Crippen LogP contribution in [0.4, 0.5) is 0 Å². The van der Waals surface area contributed by atoms with Gasteiger partial charge >= 0.3 is 0 Å². The number of carbonyl (C=O) groups is 3. The summed E-state index contributed by atoms with van der Waals surface area (Å²) in [7, 11) is 0. The van der Waals surface area contributed by atoms with Crippen LogP contribution in [0.5, 0.6) is 5.75 Å². The van der Waals surface area contributed by atoms with Crippen LogP contribution in [0.1, 0.15) is 35.3 Å². The number of hydrogen-bond donors (Lipinski definition) is 3. The van der Waals surface area contributed by atoms with Crippen LogP contribution < -0.4 is 5.32 Å². The summed E-state index contributed by atoms with van der Waals surface area (Å²) in [4.78, 5) is 43.9. The lowest BCUT2D eigenvalue weighted by molar-refractivity contribution is -0.150. The molecule has 0 saturated carbocycles. The molecule has 204 valence electrons. The number of aromatic hydroxyl groups is 1. The molecular weight excluding hydrogens is 522 g/mol. The van der Waals surface area contributed by atoms with Crippen molar-refractivity contribution in [1.82, 2.24) is 15.1 Å². The van der Waals surface area contributed by atoms with Crippen molar-refractivity contribution in [1.29, 1.82) is 0 Å². The highest BCUT2D eigenvalue weighted by atomic mass is 32.2. The van der Waals surface area contributed by atoms with Gasteiger partial charge in [0.25, 0.3) is 11.8 Å². The summed E-state index contributed by atoms with van der Waals surface area (Å²) in [5.74, 6) is 0.814. The van der Waals surface area contributed by atoms with Gasteiger partial charge in [-0.25, -0.2) is 0 Å². The fourth-order valence-corrected chi connectivity index (χ4v) is 6.95. The van der Waals surface area contributed by atoms with E-state index in [4.69, 9.17) is 0 Å². The third kappa shape index (κ3) is 6.13. The van der Waals surface area contributed by atoms with Gasteiger partial charge in [0.05, 0.1) is 11.9 Å². The maximum absolute atomic E-state index is 13.8. The molecule has 2 aliphatic rings. The first-order valence-electron chi connectivity index (χ1n) is 12.7. The van der Waals surface area contributed by atoms with E-state index in [0.29, 0.717) is 18.7 Å². The number of amides is 3. The van der Waals surface area contributed by atoms with Gasteiger partial charge in [0.1, 0.15) is 11.8 Å². The van der Waals surface area contributed by atoms with Crippen LogP contribution in [0.3, 0.4) is 0 Å². The number of hydrogen-bond acceptors (Lipinski definition) is 7. The summed E-state index contributed by atoms with van der Waals surface area (Å²) in [6.45, 7) is 6.82. The molecule has 0 radical (unpaired) electrons. The van der Waals surface area contributed by atoms with Gasteiger partial charge in [0.2, 0.25) is 5.91 Å². The van der Waals surface area contributed by atoms with Crippen LogP contribution in [0.2, 0.25) is 0 Å². The Morgan fingerprint density at radius 3 is 2.45 bits per heavy atom. The van der Waals surface area contributed by atoms with Crippen LogP contribution >= 0.6 is 23.5 Å². The Bertz CT molecular complexity index is 1170. The molecule has 2 aromatic carbocycles. The molecule has 3 amide bonds. The van der Waals surface area contributed by atoms with E-state index in [1.165, 1.54) is 22.7 Å². The topological polar surface area (TPSA) is 110 Å². The molecule has 38 heavy (non-hydrogen) atoms. The Labute approximate surface area is 232 Å². The molecule has 0 aliphatic carbocycles. The summed E-state index contributed by atoms with van der Waals surface area (Å²) in [5.41, 5.74) is 1.51. The summed E-state index contributed by atoms with van der Waals surface area (Å²) < 4.78 is -0.520. The normalized spacial score (nSPS) is 20.6. The number of aliphatic hydroxyl groups is 1. The largest absolute Gasteiger partial charge is 0.508 e. The minimum Gasteiger partial charge on any atom is -0.508 e. The third-order valence-corrected chi connectivity index (χ3v) is 9.50. The number of nitrogens with zero attached hydrogens (tertiary/aromatic N) is 2. The highest BCUT2D eigenvalue weighted by Crippen LogP contribution is 2.40. The van der Waals surface area contributed by atoms with E-state index in [-0.39, 0.29) is 29.5 Å². The Morgan fingerprint density at radius 1 is 1.08 bits per heavy atom. The number of thioether (sulfide) groups is 2. The molecule has 2 heterocycles. The SMILES string of the molecule is Cc1c(O)cccc1C(=O)N[C@@H](Cc1ccccc1)[C@H](O)C(=O)N1CSC(C)(C)[C@H]1C(=O)N1CCSCC1. The molecule has 2 fully saturated rings. The summed E-state index contributed by atoms with van der Waals surface area (Å²) in [6, 6.07) is 12.3. The van der Waals surface area contributed by atoms with Crippen LogP contribution in [-0.4, -0.2) is 91.1 Å². The monoisotopic (exact) mass is 557 g/mol. The lowest BCUT2D eigenvalue weighted by Crippen LogP contribution is -2.60. The van der Waals surface area contributed by atoms with Gasteiger partial charge in [-0.05, 0) is 44.9 Å². The number of phenols is 1. The van der Waals surface area contributed by atoms with Crippen molar-refractivity contribution in [2.75, 3.05) is 30.5 Å². The second-order valence-corrected chi connectivity index (χ2v) is 13.0. The quantitative estimate of drug-likeness (QED) is 0.480. The first kappa shape index (κ1) is 28.3. The highest BCUT2D eigenvalue weighted by molar-refractivity contribution is 8.01. The molecular formula is C28H35N3O5S2. The van der Waals surface area contributed by atoms with Gasteiger partial charge in [0.15, 0.2) is 6.10 Å². The van der Waals surface area contributed by atoms with Crippen LogP contribution in [0.15, 0.2) is 48.5 Å². The second kappa shape index (κ2) is 12.0. The number of benzene rings is 2. The van der Waals surface area contributed by atoms with E-state index < -0.39 is 34.7 Å². The minimum absolute atomic E-state index is 0.0114. The minimum atomic E-state index is -1.57. The van der Waals surface area contributed by atoms with Gasteiger partial charge in [0, 0.05) is 40.5 Å². The molecule has 0 bridgehead atoms. The summed E-state index contributed by atoms with van der Waals surface area (Å²) in [6.07, 6.45) is -1.36. The zero-order valence-corrected chi connectivity index (χ0v) is 23.6. The van der Waals surface area contributed by atoms with Crippen LogP contribution in [0, 0.1) is 6.92 Å². The first-order chi connectivity index (χ1) is 18.1. The van der Waals surface area contributed by atoms with Crippen molar-refractivity contribution in [3.63, 3.8) is 0 Å². The second-order valence-electron chi connectivity index (χ2n) is 10.2. The molecule has 0 aromatic heterocycles. The zero-order valence-electron chi connectivity index (χ0n) is 21.9. The number of phenolic OH excluding ortho intramolecular Hbond substituents is 1. The molecule has 2 aromatic rings. The van der Waals surface area contributed by atoms with Crippen molar-refractivity contribution < 1.29 is 24.6 Å². The summed E-state index contributed by atoms with van der Waals surface area (Å²) >= 11 is 3.32. The van der Waals surface area contributed by atoms with Crippen molar-refractivity contribution >= 4 is 41.2 Å². The standard InChI is InChI=1S/C28H35N3O5S2/c1-18-20(10-7-11-22(18)32)25(34)29-21(16-19-8-5-4-6-9-19)23(33)26(35)31-17-38-28(2,3)24(31)27(36)30-12-14-37-15-13-30/h4-11,21,23-24,32-33H,12-17H2,1-3H3,(H,29,34)/t21-,23-,24+/m0/s1. The molecule has 0 unspecified atom stereocenters. The first-order valence-corrected chi connectivity index (χ1v) is 14.9. The number of carbonyl (C=O) groups excluding carboxylic acids is 3. The third-order valence-electron chi connectivity index (χ3n) is 7.18. The molecule has 3 N–H and O–H groups in total. The fraction of sp³-hybridized carbons (Fsp3) is 0.464. The molecule has 8 nitrogen and oxygen atoms in total. The van der Waals surface area contributed by atoms with E-state index in [1.807, 2.05) is 49.1 Å². The smallest absolute Gasteiger partial charge is 0.254 e. The number of nitrogens with one attached hydrogen (secondary N) is 1. The van der Waals surface area contributed by atoms with Crippen molar-refractivity contribution in [3.05, 3.63) is 65.2 Å². The predicted molar refractivity (Wildman–Crippen MR) is 151 cm³/mol. The van der Waals surface area contributed by atoms with Crippen LogP contribution in [-0.2, 0) is 16.0 Å². The van der Waals surface area contributed by atoms with Gasteiger partial charge in [-0.2, -0.15) is 11.8 Å². The molecule has 0 spiro atoms.